The highest BCUT2D eigenvalue weighted by Crippen LogP contribution is 2.66. The Balaban J connectivity index is 2.26. The van der Waals surface area contributed by atoms with Crippen LogP contribution in [0, 0.1) is 10.5 Å². The number of H-pyrrole nitrogens is 1. The molecule has 1 aliphatic heterocycles. The van der Waals surface area contributed by atoms with Crippen molar-refractivity contribution >= 4 is 35.7 Å². The molecule has 0 radical (unpaired) electrons. The van der Waals surface area contributed by atoms with Gasteiger partial charge in [-0.2, -0.15) is 8.62 Å². The Morgan fingerprint density at radius 3 is 2.39 bits per heavy atom. The van der Waals surface area contributed by atoms with Crippen LogP contribution in [0.2, 0.25) is 0 Å². The second kappa shape index (κ2) is 8.89. The van der Waals surface area contributed by atoms with Crippen molar-refractivity contribution < 1.29 is 71.5 Å². The Bertz CT molecular complexity index is 1160. The molecule has 0 saturated carbocycles. The van der Waals surface area contributed by atoms with Gasteiger partial charge in [-0.15, -0.1) is 0 Å². The van der Waals surface area contributed by atoms with Crippen LogP contribution in [0.15, 0.2) is 11.0 Å². The van der Waals surface area contributed by atoms with Crippen molar-refractivity contribution in [2.75, 3.05) is 6.61 Å². The number of hydrogen-bond acceptors (Lipinski definition) is 11. The van der Waals surface area contributed by atoms with Gasteiger partial charge < -0.3 is 34.5 Å². The van der Waals surface area contributed by atoms with Crippen molar-refractivity contribution in [2.24, 2.45) is 0 Å². The van der Waals surface area contributed by atoms with E-state index in [0.717, 1.165) is 0 Å². The van der Waals surface area contributed by atoms with Crippen LogP contribution in [-0.2, 0) is 31.6 Å². The number of nitrogens with one attached hydrogen (secondary N) is 1. The molecule has 2 heterocycles. The third-order valence-corrected chi connectivity index (χ3v) is 7.32. The summed E-state index contributed by atoms with van der Waals surface area (Å²) in [6, 6.07) is 0. The van der Waals surface area contributed by atoms with E-state index in [4.69, 9.17) is 16.1 Å². The number of aliphatic hydroxyl groups is 2. The Hall–Kier alpha value is -0.750. The lowest BCUT2D eigenvalue weighted by molar-refractivity contribution is -0.205. The Morgan fingerprint density at radius 2 is 1.84 bits per heavy atom. The van der Waals surface area contributed by atoms with Gasteiger partial charge in [0.15, 0.2) is 12.0 Å². The predicted molar refractivity (Wildman–Crippen MR) is 91.6 cm³/mol. The van der Waals surface area contributed by atoms with Crippen LogP contribution < -0.4 is 5.69 Å². The van der Waals surface area contributed by atoms with Gasteiger partial charge in [-0.25, -0.2) is 27.3 Å². The fourth-order valence-corrected chi connectivity index (χ4v) is 5.23. The number of hydrogen-bond donors (Lipinski definition) is 7. The molecular formula is C9H13F2N2O14P3S. The number of alkyl halides is 1. The van der Waals surface area contributed by atoms with Crippen molar-refractivity contribution in [2.45, 2.75) is 24.3 Å². The molecule has 0 spiro atoms. The van der Waals surface area contributed by atoms with E-state index in [2.05, 4.69) is 30.1 Å². The third kappa shape index (κ3) is 6.63. The fourth-order valence-electron chi connectivity index (χ4n) is 2.06. The molecule has 1 saturated heterocycles. The average Bonchev–Trinajstić information content (AvgIpc) is 2.75. The maximum Gasteiger partial charge on any atom is 0.490 e. The molecule has 0 amide bonds. The number of phosphoric ester groups is 1. The van der Waals surface area contributed by atoms with Gasteiger partial charge in [0.25, 0.3) is 5.85 Å². The average molecular weight is 537 g/mol. The van der Waals surface area contributed by atoms with Crippen molar-refractivity contribution in [3.8, 4) is 0 Å². The van der Waals surface area contributed by atoms with Crippen LogP contribution in [0.4, 0.5) is 8.78 Å². The summed E-state index contributed by atoms with van der Waals surface area (Å²) in [6.07, 6.45) is -8.51. The Kier molecular flexibility index (Phi) is 7.13. The molecule has 6 atom stereocenters. The van der Waals surface area contributed by atoms with E-state index in [-0.39, 0.29) is 10.8 Å². The Labute approximate surface area is 175 Å². The molecule has 1 aromatic heterocycles. The molecule has 2 rings (SSSR count). The summed E-state index contributed by atoms with van der Waals surface area (Å²) in [7, 11) is -17.5. The number of phosphoric acid groups is 3. The maximum atomic E-state index is 15.0. The van der Waals surface area contributed by atoms with Crippen LogP contribution >= 0.6 is 35.7 Å². The van der Waals surface area contributed by atoms with E-state index in [1.165, 1.54) is 0 Å². The molecule has 1 aliphatic rings. The first-order chi connectivity index (χ1) is 14.2. The zero-order valence-corrected chi connectivity index (χ0v) is 17.8. The largest absolute Gasteiger partial charge is 0.490 e. The van der Waals surface area contributed by atoms with Gasteiger partial charge in [-0.3, -0.25) is 14.1 Å². The molecule has 22 heteroatoms. The lowest BCUT2D eigenvalue weighted by Gasteiger charge is -2.24. The van der Waals surface area contributed by atoms with Crippen LogP contribution in [0.25, 0.3) is 0 Å². The SMILES string of the molecule is [2H][C@@]1(n2cc(F)c(=S)[nH]c2=O)O[C@](F)(COP(=O)(O)OP(=O)(O)OP(=O)(O)O)[C@@H](O)[C@H]1O. The van der Waals surface area contributed by atoms with E-state index >= 15 is 0 Å². The first-order valence-electron chi connectivity index (χ1n) is 7.77. The topological polar surface area (TPSA) is 247 Å². The van der Waals surface area contributed by atoms with E-state index in [9.17, 15) is 42.4 Å². The third-order valence-electron chi connectivity index (χ3n) is 3.24. The van der Waals surface area contributed by atoms with Gasteiger partial charge in [0.1, 0.15) is 23.5 Å². The smallest absolute Gasteiger partial charge is 0.385 e. The van der Waals surface area contributed by atoms with Crippen LogP contribution in [-0.4, -0.2) is 64.0 Å². The highest BCUT2D eigenvalue weighted by Gasteiger charge is 2.57. The van der Waals surface area contributed by atoms with Crippen LogP contribution in [0.3, 0.4) is 0 Å². The monoisotopic (exact) mass is 537 g/mol. The number of ether oxygens (including phenoxy) is 1. The summed E-state index contributed by atoms with van der Waals surface area (Å²) in [6.45, 7) is -1.93. The number of nitrogens with zero attached hydrogens (tertiary/aromatic N) is 1. The lowest BCUT2D eigenvalue weighted by atomic mass is 10.1. The first kappa shape index (κ1) is 24.9. The molecule has 2 unspecified atom stereocenters. The standard InChI is InChI=1S/C9H13F2N2O14P3S/c10-3-1-13(8(16)12-6(3)31)7-4(14)5(15)9(11,25-7)2-24-29(20,21)27-30(22,23)26-28(17,18)19/h1,4-5,7,14-15H,2H2,(H,20,21)(H,22,23)(H,12,16,31)(H2,17,18,19)/t4-,5+,7-,9-/m1/s1/i7D. The van der Waals surface area contributed by atoms with E-state index in [1.54, 1.807) is 4.98 Å². The minimum atomic E-state index is -5.95. The predicted octanol–water partition coefficient (Wildman–Crippen LogP) is -0.695. The van der Waals surface area contributed by atoms with Gasteiger partial charge in [-0.1, -0.05) is 12.2 Å². The highest BCUT2D eigenvalue weighted by molar-refractivity contribution is 7.71. The van der Waals surface area contributed by atoms with E-state index in [0.29, 0.717) is 0 Å². The second-order valence-electron chi connectivity index (χ2n) is 5.59. The minimum absolute atomic E-state index is 0.0435. The Morgan fingerprint density at radius 1 is 1.26 bits per heavy atom. The number of halogens is 2. The van der Waals surface area contributed by atoms with Crippen molar-refractivity contribution in [3.63, 3.8) is 0 Å². The maximum absolute atomic E-state index is 15.0. The zero-order valence-electron chi connectivity index (χ0n) is 15.3. The zero-order chi connectivity index (χ0) is 24.9. The molecule has 178 valence electrons. The molecule has 1 aromatic rings. The molecule has 0 aliphatic carbocycles. The molecule has 7 N–H and O–H groups in total. The first-order valence-corrected chi connectivity index (χ1v) is 12.2. The summed E-state index contributed by atoms with van der Waals surface area (Å²) in [4.78, 5) is 48.9. The quantitative estimate of drug-likeness (QED) is 0.160. The summed E-state index contributed by atoms with van der Waals surface area (Å²) < 4.78 is 84.6. The number of aromatic nitrogens is 2. The van der Waals surface area contributed by atoms with Gasteiger partial charge in [0.2, 0.25) is 0 Å². The summed E-state index contributed by atoms with van der Waals surface area (Å²) >= 11 is 4.44. The molecular weight excluding hydrogens is 523 g/mol. The van der Waals surface area contributed by atoms with E-state index < -0.39 is 70.5 Å². The van der Waals surface area contributed by atoms with Gasteiger partial charge in [0.05, 0.1) is 7.57 Å². The van der Waals surface area contributed by atoms with Crippen molar-refractivity contribution in [3.05, 3.63) is 27.1 Å². The number of aliphatic hydroxyl groups excluding tert-OH is 2. The van der Waals surface area contributed by atoms with Gasteiger partial charge >= 0.3 is 29.2 Å². The van der Waals surface area contributed by atoms with E-state index in [1.807, 2.05) is 0 Å². The molecule has 16 nitrogen and oxygen atoms in total. The normalized spacial score (nSPS) is 33.5. The summed E-state index contributed by atoms with van der Waals surface area (Å²) in [5.74, 6) is -5.11. The van der Waals surface area contributed by atoms with Gasteiger partial charge in [0, 0.05) is 0 Å². The summed E-state index contributed by atoms with van der Waals surface area (Å²) in [5.41, 5.74) is -1.39. The number of rotatable bonds is 8. The van der Waals surface area contributed by atoms with Crippen molar-refractivity contribution in [1.29, 1.82) is 0 Å². The van der Waals surface area contributed by atoms with Gasteiger partial charge in [-0.05, 0) is 0 Å². The minimum Gasteiger partial charge on any atom is -0.385 e. The van der Waals surface area contributed by atoms with Crippen LogP contribution in [0.5, 0.6) is 0 Å². The number of aromatic amines is 1. The second-order valence-corrected chi connectivity index (χ2v) is 10.4. The molecule has 0 bridgehead atoms. The molecule has 1 fully saturated rings. The van der Waals surface area contributed by atoms with Crippen LogP contribution in [0.1, 0.15) is 7.57 Å². The molecule has 0 aromatic carbocycles. The molecule has 31 heavy (non-hydrogen) atoms. The highest BCUT2D eigenvalue weighted by atomic mass is 32.1. The summed E-state index contributed by atoms with van der Waals surface area (Å²) in [5, 5.41) is 19.9. The van der Waals surface area contributed by atoms with Crippen molar-refractivity contribution in [1.82, 2.24) is 9.55 Å². The lowest BCUT2D eigenvalue weighted by Crippen LogP contribution is -2.43. The fraction of sp³-hybridized carbons (Fsp3) is 0.556.